The van der Waals surface area contributed by atoms with Crippen LogP contribution in [-0.2, 0) is 11.8 Å². The number of fused-ring (bicyclic) bond motifs is 2. The summed E-state index contributed by atoms with van der Waals surface area (Å²) in [6.45, 7) is 6.10. The van der Waals surface area contributed by atoms with Crippen LogP contribution in [0.2, 0.25) is 0 Å². The van der Waals surface area contributed by atoms with E-state index >= 15 is 0 Å². The topological polar surface area (TPSA) is 118 Å². The van der Waals surface area contributed by atoms with Gasteiger partial charge in [0.2, 0.25) is 5.91 Å². The number of nitrogens with one attached hydrogen (secondary N) is 2. The number of carbonyl (C=O) groups excluding carboxylic acids is 2. The van der Waals surface area contributed by atoms with Gasteiger partial charge in [-0.3, -0.25) is 14.3 Å². The number of rotatable bonds is 6. The monoisotopic (exact) mass is 560 g/mol. The lowest BCUT2D eigenvalue weighted by Gasteiger charge is -2.38. The number of halogens is 1. The highest BCUT2D eigenvalue weighted by Gasteiger charge is 2.29. The maximum Gasteiger partial charge on any atom is 0.317 e. The van der Waals surface area contributed by atoms with Crippen molar-refractivity contribution in [1.82, 2.24) is 30.0 Å². The summed E-state index contributed by atoms with van der Waals surface area (Å²) in [4.78, 5) is 38.6. The fraction of sp³-hybridized carbons (Fsp3) is 0.414. The van der Waals surface area contributed by atoms with Crippen LogP contribution in [0.3, 0.4) is 0 Å². The minimum Gasteiger partial charge on any atom is -0.461 e. The van der Waals surface area contributed by atoms with E-state index in [1.165, 1.54) is 10.7 Å². The zero-order valence-electron chi connectivity index (χ0n) is 23.5. The average molecular weight is 561 g/mol. The van der Waals surface area contributed by atoms with Crippen LogP contribution < -0.4 is 20.3 Å². The third-order valence-electron chi connectivity index (χ3n) is 7.82. The van der Waals surface area contributed by atoms with Crippen molar-refractivity contribution in [2.45, 2.75) is 44.8 Å². The highest BCUT2D eigenvalue weighted by atomic mass is 19.1. The van der Waals surface area contributed by atoms with E-state index in [4.69, 9.17) is 4.74 Å². The molecule has 4 heterocycles. The van der Waals surface area contributed by atoms with Crippen molar-refractivity contribution in [3.63, 3.8) is 0 Å². The van der Waals surface area contributed by atoms with Gasteiger partial charge in [-0.15, -0.1) is 0 Å². The van der Waals surface area contributed by atoms with Gasteiger partial charge in [-0.25, -0.2) is 9.37 Å². The van der Waals surface area contributed by atoms with E-state index in [-0.39, 0.29) is 42.2 Å². The highest BCUT2D eigenvalue weighted by molar-refractivity contribution is 6.14. The van der Waals surface area contributed by atoms with Crippen molar-refractivity contribution in [2.24, 2.45) is 7.05 Å². The van der Waals surface area contributed by atoms with E-state index < -0.39 is 11.7 Å². The van der Waals surface area contributed by atoms with Gasteiger partial charge in [0.25, 0.3) is 5.91 Å². The molecule has 0 radical (unpaired) electrons. The first kappa shape index (κ1) is 26.9. The molecule has 2 N–H and O–H groups in total. The van der Waals surface area contributed by atoms with Crippen molar-refractivity contribution in [3.8, 4) is 6.01 Å². The van der Waals surface area contributed by atoms with Crippen LogP contribution in [0.4, 0.5) is 15.8 Å². The molecule has 2 aliphatic heterocycles. The lowest BCUT2D eigenvalue weighted by atomic mass is 10.0. The zero-order chi connectivity index (χ0) is 28.8. The molecule has 214 valence electrons. The molecular weight excluding hydrogens is 527 g/mol. The van der Waals surface area contributed by atoms with E-state index in [2.05, 4.69) is 44.4 Å². The number of aromatic nitrogens is 4. The summed E-state index contributed by atoms with van der Waals surface area (Å²) >= 11 is 0. The molecule has 0 saturated carbocycles. The van der Waals surface area contributed by atoms with E-state index in [0.717, 1.165) is 18.8 Å². The zero-order valence-corrected chi connectivity index (χ0v) is 23.5. The Balaban J connectivity index is 1.35. The number of likely N-dealkylation sites (tertiary alicyclic amines) is 1. The number of aryl methyl sites for hydroxylation is 1. The Bertz CT molecular complexity index is 1650. The Hall–Kier alpha value is -4.32. The van der Waals surface area contributed by atoms with Crippen LogP contribution in [0.15, 0.2) is 36.7 Å². The maximum atomic E-state index is 14.7. The van der Waals surface area contributed by atoms with Crippen LogP contribution >= 0.6 is 0 Å². The van der Waals surface area contributed by atoms with Gasteiger partial charge in [-0.1, -0.05) is 0 Å². The summed E-state index contributed by atoms with van der Waals surface area (Å²) in [7, 11) is 3.48. The van der Waals surface area contributed by atoms with Crippen molar-refractivity contribution >= 4 is 45.0 Å². The van der Waals surface area contributed by atoms with Crippen LogP contribution in [0, 0.1) is 5.82 Å². The van der Waals surface area contributed by atoms with Crippen molar-refractivity contribution in [3.05, 3.63) is 48.0 Å². The first-order valence-electron chi connectivity index (χ1n) is 13.8. The van der Waals surface area contributed by atoms with Gasteiger partial charge in [0, 0.05) is 80.2 Å². The third-order valence-corrected chi connectivity index (χ3v) is 7.82. The summed E-state index contributed by atoms with van der Waals surface area (Å²) in [6, 6.07) is 7.23. The molecule has 41 heavy (non-hydrogen) atoms. The summed E-state index contributed by atoms with van der Waals surface area (Å²) in [5.74, 6) is -0.868. The van der Waals surface area contributed by atoms with Crippen molar-refractivity contribution in [2.75, 3.05) is 37.0 Å². The smallest absolute Gasteiger partial charge is 0.317 e. The van der Waals surface area contributed by atoms with E-state index in [1.807, 2.05) is 6.07 Å². The lowest BCUT2D eigenvalue weighted by Crippen LogP contribution is -2.54. The molecule has 2 aliphatic rings. The van der Waals surface area contributed by atoms with Gasteiger partial charge in [-0.05, 0) is 44.5 Å². The second-order valence-electron chi connectivity index (χ2n) is 11.1. The number of piperazine rings is 1. The predicted octanol–water partition coefficient (Wildman–Crippen LogP) is 3.09. The minimum absolute atomic E-state index is 0.0583. The molecule has 2 saturated heterocycles. The largest absolute Gasteiger partial charge is 0.461 e. The number of nitrogens with zero attached hydrogens (tertiary/aromatic N) is 6. The molecule has 0 aliphatic carbocycles. The molecule has 4 aromatic rings. The molecule has 2 amide bonds. The first-order valence-corrected chi connectivity index (χ1v) is 13.8. The summed E-state index contributed by atoms with van der Waals surface area (Å²) in [5, 5.41) is 11.8. The van der Waals surface area contributed by atoms with Gasteiger partial charge in [0.05, 0.1) is 17.1 Å². The number of amides is 2. The average Bonchev–Trinajstić information content (AvgIpc) is 3.46. The second-order valence-corrected chi connectivity index (χ2v) is 11.1. The molecule has 0 bridgehead atoms. The molecular formula is C29H33FN8O3. The standard InChI is InChI=1S/C29H33FN8O3/c1-16-12-38(13-17(2)32-16)24-7-6-21(28(40)33-19-9-18-14-36(3)35-26(18)23(30)10-19)27-22(24)11-31-29(34-27)41-15-20-5-8-25(39)37(20)4/h6-7,9-11,14,16-17,20,32H,5,8,12-13,15H2,1-4H3,(H,33,40)/t16-,17-,20?/m0/s1. The Kier molecular flexibility index (Phi) is 6.94. The Labute approximate surface area is 236 Å². The molecule has 2 aromatic carbocycles. The van der Waals surface area contributed by atoms with E-state index in [0.29, 0.717) is 40.4 Å². The first-order chi connectivity index (χ1) is 19.7. The molecule has 6 rings (SSSR count). The Morgan fingerprint density at radius 3 is 2.68 bits per heavy atom. The van der Waals surface area contributed by atoms with Crippen LogP contribution in [0.25, 0.3) is 21.8 Å². The maximum absolute atomic E-state index is 14.7. The number of anilines is 2. The minimum atomic E-state index is -0.520. The summed E-state index contributed by atoms with van der Waals surface area (Å²) < 4.78 is 22.2. The van der Waals surface area contributed by atoms with Gasteiger partial charge in [0.15, 0.2) is 5.82 Å². The number of ether oxygens (including phenoxy) is 1. The second kappa shape index (κ2) is 10.6. The van der Waals surface area contributed by atoms with Crippen LogP contribution in [0.1, 0.15) is 37.0 Å². The number of carbonyl (C=O) groups is 2. The third kappa shape index (κ3) is 5.26. The van der Waals surface area contributed by atoms with E-state index in [9.17, 15) is 14.0 Å². The fourth-order valence-corrected chi connectivity index (χ4v) is 5.85. The summed E-state index contributed by atoms with van der Waals surface area (Å²) in [5.41, 5.74) is 2.22. The number of benzene rings is 2. The highest BCUT2D eigenvalue weighted by Crippen LogP contribution is 2.32. The van der Waals surface area contributed by atoms with E-state index in [1.54, 1.807) is 43.5 Å². The number of hydrogen-bond acceptors (Lipinski definition) is 8. The molecule has 2 aromatic heterocycles. The molecule has 11 nitrogen and oxygen atoms in total. The normalized spacial score (nSPS) is 21.2. The summed E-state index contributed by atoms with van der Waals surface area (Å²) in [6.07, 6.45) is 4.58. The quantitative estimate of drug-likeness (QED) is 0.370. The van der Waals surface area contributed by atoms with Gasteiger partial charge in [0.1, 0.15) is 12.1 Å². The number of likely N-dealkylation sites (N-methyl/N-ethyl adjacent to an activating group) is 1. The molecule has 1 unspecified atom stereocenters. The molecule has 0 spiro atoms. The van der Waals surface area contributed by atoms with Crippen LogP contribution in [-0.4, -0.2) is 81.3 Å². The van der Waals surface area contributed by atoms with Crippen LogP contribution in [0.5, 0.6) is 6.01 Å². The fourth-order valence-electron chi connectivity index (χ4n) is 5.85. The van der Waals surface area contributed by atoms with Gasteiger partial charge < -0.3 is 25.2 Å². The number of hydrogen-bond donors (Lipinski definition) is 2. The van der Waals surface area contributed by atoms with Crippen molar-refractivity contribution < 1.29 is 18.7 Å². The Morgan fingerprint density at radius 2 is 1.95 bits per heavy atom. The molecule has 3 atom stereocenters. The Morgan fingerprint density at radius 1 is 1.17 bits per heavy atom. The SMILES string of the molecule is C[C@H]1CN(c2ccc(C(=O)Nc3cc(F)c4nn(C)cc4c3)c3nc(OCC4CCC(=O)N4C)ncc23)C[C@H](C)N1. The van der Waals surface area contributed by atoms with Gasteiger partial charge in [-0.2, -0.15) is 10.1 Å². The lowest BCUT2D eigenvalue weighted by molar-refractivity contribution is -0.127. The van der Waals surface area contributed by atoms with Gasteiger partial charge >= 0.3 is 6.01 Å². The molecule has 2 fully saturated rings. The molecule has 12 heteroatoms. The van der Waals surface area contributed by atoms with Crippen molar-refractivity contribution in [1.29, 1.82) is 0 Å². The predicted molar refractivity (Wildman–Crippen MR) is 154 cm³/mol.